The second-order valence-corrected chi connectivity index (χ2v) is 5.77. The molecule has 0 amide bonds. The maximum Gasteiger partial charge on any atom is 0.417 e. The number of alkyl halides is 3. The largest absolute Gasteiger partial charge is 0.417 e. The lowest BCUT2D eigenvalue weighted by Gasteiger charge is -2.14. The van der Waals surface area contributed by atoms with Crippen LogP contribution in [0.3, 0.4) is 0 Å². The zero-order chi connectivity index (χ0) is 17.7. The van der Waals surface area contributed by atoms with Crippen molar-refractivity contribution in [1.82, 2.24) is 0 Å². The van der Waals surface area contributed by atoms with Gasteiger partial charge in [-0.25, -0.2) is 0 Å². The first-order valence-corrected chi connectivity index (χ1v) is 7.80. The lowest BCUT2D eigenvalue weighted by molar-refractivity contribution is -0.137. The third-order valence-electron chi connectivity index (χ3n) is 3.45. The molecule has 0 spiro atoms. The van der Waals surface area contributed by atoms with E-state index >= 15 is 0 Å². The summed E-state index contributed by atoms with van der Waals surface area (Å²) in [5.41, 5.74) is 0.989. The average Bonchev–Trinajstić information content (AvgIpc) is 2.53. The Morgan fingerprint density at radius 2 is 1.79 bits per heavy atom. The summed E-state index contributed by atoms with van der Waals surface area (Å²) in [6.45, 7) is 3.52. The molecular formula is C18H17ClF3NO. The molecule has 6 heteroatoms. The molecule has 2 rings (SSSR count). The number of hydrogen-bond acceptors (Lipinski definition) is 2. The van der Waals surface area contributed by atoms with Gasteiger partial charge in [0.2, 0.25) is 0 Å². The maximum absolute atomic E-state index is 13.2. The summed E-state index contributed by atoms with van der Waals surface area (Å²) in [5, 5.41) is 4.52. The van der Waals surface area contributed by atoms with E-state index in [1.165, 1.54) is 6.07 Å². The first kappa shape index (κ1) is 18.3. The molecule has 0 heterocycles. The molecule has 128 valence electrons. The number of halogens is 4. The van der Waals surface area contributed by atoms with Gasteiger partial charge in [-0.2, -0.15) is 13.2 Å². The Morgan fingerprint density at radius 1 is 1.12 bits per heavy atom. The Kier molecular flexibility index (Phi) is 5.89. The van der Waals surface area contributed by atoms with Gasteiger partial charge >= 0.3 is 6.18 Å². The minimum Gasteiger partial charge on any atom is -0.391 e. The second-order valence-electron chi connectivity index (χ2n) is 5.34. The molecule has 0 aliphatic heterocycles. The van der Waals surface area contributed by atoms with E-state index in [0.29, 0.717) is 17.0 Å². The zero-order valence-electron chi connectivity index (χ0n) is 13.3. The predicted molar refractivity (Wildman–Crippen MR) is 89.3 cm³/mol. The van der Waals surface area contributed by atoms with Gasteiger partial charge in [0, 0.05) is 10.6 Å². The fourth-order valence-corrected chi connectivity index (χ4v) is 2.34. The van der Waals surface area contributed by atoms with Crippen LogP contribution in [0.5, 0.6) is 0 Å². The number of nitrogens with zero attached hydrogens (tertiary/aromatic N) is 1. The highest BCUT2D eigenvalue weighted by Crippen LogP contribution is 2.33. The van der Waals surface area contributed by atoms with Gasteiger partial charge in [0.05, 0.1) is 11.3 Å². The van der Waals surface area contributed by atoms with Gasteiger partial charge in [-0.3, -0.25) is 0 Å². The van der Waals surface area contributed by atoms with E-state index in [1.54, 1.807) is 44.2 Å². The average molecular weight is 356 g/mol. The van der Waals surface area contributed by atoms with E-state index in [4.69, 9.17) is 16.4 Å². The van der Waals surface area contributed by atoms with Crippen molar-refractivity contribution in [2.45, 2.75) is 33.1 Å². The third-order valence-corrected chi connectivity index (χ3v) is 3.70. The van der Waals surface area contributed by atoms with Crippen LogP contribution in [0, 0.1) is 6.92 Å². The summed E-state index contributed by atoms with van der Waals surface area (Å²) < 4.78 is 39.7. The summed E-state index contributed by atoms with van der Waals surface area (Å²) in [4.78, 5) is 5.24. The summed E-state index contributed by atoms with van der Waals surface area (Å²) >= 11 is 5.80. The van der Waals surface area contributed by atoms with Crippen LogP contribution in [-0.4, -0.2) is 5.71 Å². The monoisotopic (exact) mass is 355 g/mol. The van der Waals surface area contributed by atoms with Crippen molar-refractivity contribution in [3.63, 3.8) is 0 Å². The van der Waals surface area contributed by atoms with Crippen molar-refractivity contribution in [2.75, 3.05) is 0 Å². The van der Waals surface area contributed by atoms with Crippen LogP contribution in [0.2, 0.25) is 5.02 Å². The van der Waals surface area contributed by atoms with Gasteiger partial charge in [-0.15, -0.1) is 0 Å². The molecule has 0 unspecified atom stereocenters. The van der Waals surface area contributed by atoms with Crippen molar-refractivity contribution >= 4 is 17.3 Å². The smallest absolute Gasteiger partial charge is 0.391 e. The van der Waals surface area contributed by atoms with Crippen LogP contribution in [0.4, 0.5) is 13.2 Å². The van der Waals surface area contributed by atoms with Crippen LogP contribution < -0.4 is 0 Å². The normalized spacial score (nSPS) is 12.3. The minimum atomic E-state index is -4.44. The highest BCUT2D eigenvalue weighted by molar-refractivity contribution is 6.30. The number of benzene rings is 2. The lowest BCUT2D eigenvalue weighted by atomic mass is 9.99. The van der Waals surface area contributed by atoms with Crippen molar-refractivity contribution in [3.05, 3.63) is 69.7 Å². The SMILES string of the molecule is CC/C(=N/OCc1ccc(Cl)cc1)c1ccc(C)cc1C(F)(F)F. The van der Waals surface area contributed by atoms with E-state index in [1.807, 2.05) is 0 Å². The summed E-state index contributed by atoms with van der Waals surface area (Å²) in [5.74, 6) is 0. The second kappa shape index (κ2) is 7.71. The van der Waals surface area contributed by atoms with E-state index in [9.17, 15) is 13.2 Å². The summed E-state index contributed by atoms with van der Waals surface area (Å²) in [7, 11) is 0. The van der Waals surface area contributed by atoms with Crippen molar-refractivity contribution in [2.24, 2.45) is 5.16 Å². The first-order chi connectivity index (χ1) is 11.3. The van der Waals surface area contributed by atoms with Gasteiger partial charge in [-0.1, -0.05) is 53.5 Å². The molecule has 0 aromatic heterocycles. The Bertz CT molecular complexity index is 724. The van der Waals surface area contributed by atoms with Gasteiger partial charge in [0.1, 0.15) is 6.61 Å². The van der Waals surface area contributed by atoms with Gasteiger partial charge in [0.15, 0.2) is 0 Å². The molecule has 0 radical (unpaired) electrons. The Morgan fingerprint density at radius 3 is 2.38 bits per heavy atom. The van der Waals surface area contributed by atoms with Gasteiger partial charge < -0.3 is 4.84 Å². The Balaban J connectivity index is 2.23. The highest BCUT2D eigenvalue weighted by atomic mass is 35.5. The van der Waals surface area contributed by atoms with Crippen molar-refractivity contribution < 1.29 is 18.0 Å². The molecule has 0 aliphatic carbocycles. The van der Waals surface area contributed by atoms with E-state index in [0.717, 1.165) is 11.6 Å². The lowest BCUT2D eigenvalue weighted by Crippen LogP contribution is -2.14. The van der Waals surface area contributed by atoms with Crippen LogP contribution in [-0.2, 0) is 17.6 Å². The molecule has 0 atom stereocenters. The predicted octanol–water partition coefficient (Wildman–Crippen LogP) is 6.00. The van der Waals surface area contributed by atoms with Crippen LogP contribution in [0.25, 0.3) is 0 Å². The number of rotatable bonds is 5. The molecule has 0 fully saturated rings. The van der Waals surface area contributed by atoms with Crippen molar-refractivity contribution in [1.29, 1.82) is 0 Å². The fraction of sp³-hybridized carbons (Fsp3) is 0.278. The van der Waals surface area contributed by atoms with E-state index in [-0.39, 0.29) is 17.9 Å². The fourth-order valence-electron chi connectivity index (χ4n) is 2.21. The highest BCUT2D eigenvalue weighted by Gasteiger charge is 2.34. The Hall–Kier alpha value is -2.01. The van der Waals surface area contributed by atoms with E-state index in [2.05, 4.69) is 5.16 Å². The summed E-state index contributed by atoms with van der Waals surface area (Å²) in [6.07, 6.45) is -4.11. The molecule has 24 heavy (non-hydrogen) atoms. The molecule has 0 aliphatic rings. The number of aryl methyl sites for hydroxylation is 1. The standard InChI is InChI=1S/C18H17ClF3NO/c1-3-17(23-24-11-13-5-7-14(19)8-6-13)15-9-4-12(2)10-16(15)18(20,21)22/h4-10H,3,11H2,1-2H3/b23-17-. The molecule has 0 saturated heterocycles. The van der Waals surface area contributed by atoms with Gasteiger partial charge in [0.25, 0.3) is 0 Å². The number of oxime groups is 1. The van der Waals surface area contributed by atoms with Crippen LogP contribution in [0.1, 0.15) is 35.6 Å². The van der Waals surface area contributed by atoms with Crippen LogP contribution >= 0.6 is 11.6 Å². The molecular weight excluding hydrogens is 339 g/mol. The van der Waals surface area contributed by atoms with Gasteiger partial charge in [-0.05, 0) is 37.1 Å². The molecule has 0 N–H and O–H groups in total. The topological polar surface area (TPSA) is 21.6 Å². The van der Waals surface area contributed by atoms with Crippen LogP contribution in [0.15, 0.2) is 47.6 Å². The Labute approximate surface area is 143 Å². The molecule has 0 saturated carbocycles. The third kappa shape index (κ3) is 4.74. The number of hydrogen-bond donors (Lipinski definition) is 0. The first-order valence-electron chi connectivity index (χ1n) is 7.42. The minimum absolute atomic E-state index is 0.0479. The quantitative estimate of drug-likeness (QED) is 0.476. The molecule has 2 aromatic carbocycles. The molecule has 2 nitrogen and oxygen atoms in total. The van der Waals surface area contributed by atoms with Crippen molar-refractivity contribution in [3.8, 4) is 0 Å². The summed E-state index contributed by atoms with van der Waals surface area (Å²) in [6, 6.07) is 11.2. The maximum atomic E-state index is 13.2. The zero-order valence-corrected chi connectivity index (χ0v) is 14.1. The molecule has 0 bridgehead atoms. The molecule has 2 aromatic rings. The van der Waals surface area contributed by atoms with E-state index < -0.39 is 11.7 Å².